The van der Waals surface area contributed by atoms with Gasteiger partial charge in [-0.25, -0.2) is 0 Å². The van der Waals surface area contributed by atoms with Crippen LogP contribution in [0.1, 0.15) is 11.6 Å². The fraction of sp³-hybridized carbons (Fsp3) is 0.0833. The number of halogens is 2. The van der Waals surface area contributed by atoms with Gasteiger partial charge in [0.1, 0.15) is 6.04 Å². The van der Waals surface area contributed by atoms with Crippen molar-refractivity contribution in [2.75, 3.05) is 5.32 Å². The van der Waals surface area contributed by atoms with Crippen LogP contribution in [0.2, 0.25) is 5.02 Å². The van der Waals surface area contributed by atoms with E-state index in [1.165, 1.54) is 0 Å². The molecule has 1 N–H and O–H groups in total. The number of nitrogens with zero attached hydrogens (tertiary/aromatic N) is 1. The Bertz CT molecular complexity index is 562. The first-order chi connectivity index (χ1) is 8.20. The minimum absolute atomic E-state index is 0.391. The largest absolute Gasteiger partial charge is 0.365 e. The van der Waals surface area contributed by atoms with E-state index in [9.17, 15) is 5.26 Å². The van der Waals surface area contributed by atoms with Crippen LogP contribution in [0.3, 0.4) is 0 Å². The average Bonchev–Trinajstić information content (AvgIpc) is 2.75. The molecule has 0 fully saturated rings. The van der Waals surface area contributed by atoms with E-state index in [2.05, 4.69) is 27.3 Å². The third kappa shape index (κ3) is 3.01. The molecular weight excluding hydrogens is 320 g/mol. The van der Waals surface area contributed by atoms with Crippen molar-refractivity contribution < 1.29 is 0 Å². The van der Waals surface area contributed by atoms with Gasteiger partial charge in [-0.05, 0) is 39.5 Å². The second-order valence-corrected chi connectivity index (χ2v) is 6.07. The van der Waals surface area contributed by atoms with Crippen LogP contribution < -0.4 is 5.32 Å². The molecule has 5 heteroatoms. The highest BCUT2D eigenvalue weighted by Crippen LogP contribution is 2.29. The van der Waals surface area contributed by atoms with Crippen molar-refractivity contribution in [3.05, 3.63) is 50.1 Å². The molecule has 2 nitrogen and oxygen atoms in total. The molecule has 0 spiro atoms. The summed E-state index contributed by atoms with van der Waals surface area (Å²) in [5.41, 5.74) is 1.70. The van der Waals surface area contributed by atoms with Gasteiger partial charge in [-0.15, -0.1) is 11.3 Å². The van der Waals surface area contributed by atoms with Crippen LogP contribution in [0.25, 0.3) is 0 Å². The second-order valence-electron chi connectivity index (χ2n) is 3.37. The van der Waals surface area contributed by atoms with E-state index in [4.69, 9.17) is 11.6 Å². The number of rotatable bonds is 3. The minimum Gasteiger partial charge on any atom is -0.365 e. The highest BCUT2D eigenvalue weighted by molar-refractivity contribution is 9.11. The molecule has 1 aromatic heterocycles. The number of nitrogens with one attached hydrogen (secondary N) is 1. The first-order valence-electron chi connectivity index (χ1n) is 4.85. The van der Waals surface area contributed by atoms with E-state index in [1.54, 1.807) is 17.4 Å². The maximum Gasteiger partial charge on any atom is 0.141 e. The Morgan fingerprint density at radius 3 is 2.76 bits per heavy atom. The maximum atomic E-state index is 9.17. The fourth-order valence-corrected chi connectivity index (χ4v) is 2.79. The molecule has 2 rings (SSSR count). The van der Waals surface area contributed by atoms with Gasteiger partial charge in [0.15, 0.2) is 0 Å². The van der Waals surface area contributed by atoms with Crippen molar-refractivity contribution in [1.29, 1.82) is 5.26 Å². The van der Waals surface area contributed by atoms with Crippen molar-refractivity contribution in [3.63, 3.8) is 0 Å². The van der Waals surface area contributed by atoms with Crippen LogP contribution >= 0.6 is 38.9 Å². The summed E-state index contributed by atoms with van der Waals surface area (Å²) in [7, 11) is 0. The van der Waals surface area contributed by atoms with Crippen molar-refractivity contribution in [3.8, 4) is 6.07 Å². The molecule has 0 aliphatic carbocycles. The van der Waals surface area contributed by atoms with Gasteiger partial charge in [0.05, 0.1) is 20.6 Å². The summed E-state index contributed by atoms with van der Waals surface area (Å²) < 4.78 is 1.01. The number of nitriles is 1. The Labute approximate surface area is 117 Å². The zero-order valence-electron chi connectivity index (χ0n) is 8.65. The second kappa shape index (κ2) is 5.54. The average molecular weight is 328 g/mol. The lowest BCUT2D eigenvalue weighted by atomic mass is 10.1. The van der Waals surface area contributed by atoms with Crippen LogP contribution in [-0.4, -0.2) is 0 Å². The van der Waals surface area contributed by atoms with E-state index in [0.717, 1.165) is 15.0 Å². The summed E-state index contributed by atoms with van der Waals surface area (Å²) >= 11 is 11.0. The fourth-order valence-electron chi connectivity index (χ4n) is 1.40. The van der Waals surface area contributed by atoms with Gasteiger partial charge in [0.2, 0.25) is 0 Å². The molecular formula is C12H8BrClN2S. The smallest absolute Gasteiger partial charge is 0.141 e. The van der Waals surface area contributed by atoms with Gasteiger partial charge in [-0.1, -0.05) is 23.7 Å². The van der Waals surface area contributed by atoms with E-state index >= 15 is 0 Å². The number of hydrogen-bond donors (Lipinski definition) is 1. The summed E-state index contributed by atoms with van der Waals surface area (Å²) in [5, 5.41) is 14.9. The summed E-state index contributed by atoms with van der Waals surface area (Å²) in [6, 6.07) is 11.2. The molecule has 1 atom stereocenters. The molecule has 0 amide bonds. The zero-order chi connectivity index (χ0) is 12.3. The van der Waals surface area contributed by atoms with Crippen LogP contribution in [0.4, 0.5) is 5.69 Å². The van der Waals surface area contributed by atoms with Crippen LogP contribution in [0.15, 0.2) is 39.5 Å². The lowest BCUT2D eigenvalue weighted by Crippen LogP contribution is -2.07. The topological polar surface area (TPSA) is 35.8 Å². The van der Waals surface area contributed by atoms with Gasteiger partial charge < -0.3 is 5.32 Å². The van der Waals surface area contributed by atoms with Gasteiger partial charge in [-0.3, -0.25) is 0 Å². The quantitative estimate of drug-likeness (QED) is 0.875. The molecule has 1 aromatic carbocycles. The molecule has 2 aromatic rings. The Morgan fingerprint density at radius 1 is 1.41 bits per heavy atom. The predicted octanol–water partition coefficient (Wildman–Crippen LogP) is 4.84. The number of thiophene rings is 1. The Kier molecular flexibility index (Phi) is 4.06. The molecule has 0 saturated carbocycles. The molecule has 0 aliphatic heterocycles. The summed E-state index contributed by atoms with van der Waals surface area (Å²) in [4.78, 5) is 0. The predicted molar refractivity (Wildman–Crippen MR) is 75.4 cm³/mol. The molecule has 1 heterocycles. The van der Waals surface area contributed by atoms with Gasteiger partial charge in [0.25, 0.3) is 0 Å². The molecule has 0 aliphatic rings. The molecule has 0 saturated heterocycles. The van der Waals surface area contributed by atoms with E-state index in [-0.39, 0.29) is 0 Å². The summed E-state index contributed by atoms with van der Waals surface area (Å²) in [5.74, 6) is 0. The van der Waals surface area contributed by atoms with Crippen LogP contribution in [0.5, 0.6) is 0 Å². The van der Waals surface area contributed by atoms with Crippen LogP contribution in [-0.2, 0) is 0 Å². The van der Waals surface area contributed by atoms with Crippen molar-refractivity contribution >= 4 is 44.6 Å². The van der Waals surface area contributed by atoms with Gasteiger partial charge in [-0.2, -0.15) is 5.26 Å². The summed E-state index contributed by atoms with van der Waals surface area (Å²) in [6.45, 7) is 0. The SMILES string of the molecule is N#CC(Nc1ccccc1Cl)c1csc(Br)c1. The molecule has 0 radical (unpaired) electrons. The standard InChI is InChI=1S/C12H8BrClN2S/c13-12-5-8(7-17-12)11(6-15)16-10-4-2-1-3-9(10)14/h1-5,7,11,16H. The van der Waals surface area contributed by atoms with E-state index < -0.39 is 6.04 Å². The molecule has 17 heavy (non-hydrogen) atoms. The normalized spacial score (nSPS) is 11.8. The number of hydrogen-bond acceptors (Lipinski definition) is 3. The Morgan fingerprint density at radius 2 is 2.18 bits per heavy atom. The number of anilines is 1. The third-order valence-electron chi connectivity index (χ3n) is 2.22. The maximum absolute atomic E-state index is 9.17. The van der Waals surface area contributed by atoms with E-state index in [1.807, 2.05) is 29.6 Å². The third-order valence-corrected chi connectivity index (χ3v) is 4.08. The monoisotopic (exact) mass is 326 g/mol. The lowest BCUT2D eigenvalue weighted by molar-refractivity contribution is 1.01. The first kappa shape index (κ1) is 12.4. The van der Waals surface area contributed by atoms with Crippen molar-refractivity contribution in [2.45, 2.75) is 6.04 Å². The van der Waals surface area contributed by atoms with Crippen molar-refractivity contribution in [1.82, 2.24) is 0 Å². The lowest BCUT2D eigenvalue weighted by Gasteiger charge is -2.12. The molecule has 0 bridgehead atoms. The number of benzene rings is 1. The van der Waals surface area contributed by atoms with E-state index in [0.29, 0.717) is 5.02 Å². The number of para-hydroxylation sites is 1. The molecule has 1 unspecified atom stereocenters. The van der Waals surface area contributed by atoms with Gasteiger partial charge in [0, 0.05) is 5.56 Å². The Hall–Kier alpha value is -1.02. The minimum atomic E-state index is -0.391. The summed E-state index contributed by atoms with van der Waals surface area (Å²) in [6.07, 6.45) is 0. The van der Waals surface area contributed by atoms with Crippen LogP contribution in [0, 0.1) is 11.3 Å². The first-order valence-corrected chi connectivity index (χ1v) is 6.90. The van der Waals surface area contributed by atoms with Crippen molar-refractivity contribution in [2.24, 2.45) is 0 Å². The Balaban J connectivity index is 2.22. The highest BCUT2D eigenvalue weighted by Gasteiger charge is 2.13. The zero-order valence-corrected chi connectivity index (χ0v) is 11.8. The highest BCUT2D eigenvalue weighted by atomic mass is 79.9. The van der Waals surface area contributed by atoms with Gasteiger partial charge >= 0.3 is 0 Å². The molecule has 86 valence electrons.